The maximum atomic E-state index is 12.4. The van der Waals surface area contributed by atoms with E-state index in [9.17, 15) is 13.2 Å². The molecule has 1 heterocycles. The zero-order valence-corrected chi connectivity index (χ0v) is 8.33. The minimum Gasteiger partial charge on any atom is -0.320 e. The molecule has 5 heteroatoms. The van der Waals surface area contributed by atoms with Gasteiger partial charge in [0.05, 0.1) is 0 Å². The summed E-state index contributed by atoms with van der Waals surface area (Å²) in [6.07, 6.45) is -2.59. The highest BCUT2D eigenvalue weighted by molar-refractivity contribution is 5.12. The molecule has 2 nitrogen and oxygen atoms in total. The van der Waals surface area contributed by atoms with E-state index in [1.165, 1.54) is 6.20 Å². The highest BCUT2D eigenvalue weighted by Crippen LogP contribution is 2.31. The molecule has 0 aliphatic rings. The van der Waals surface area contributed by atoms with Crippen molar-refractivity contribution in [2.75, 3.05) is 0 Å². The Morgan fingerprint density at radius 1 is 1.40 bits per heavy atom. The van der Waals surface area contributed by atoms with Crippen LogP contribution in [0.5, 0.6) is 0 Å². The summed E-state index contributed by atoms with van der Waals surface area (Å²) in [6, 6.07) is 3.04. The van der Waals surface area contributed by atoms with Crippen LogP contribution in [0.3, 0.4) is 0 Å². The number of pyridine rings is 1. The van der Waals surface area contributed by atoms with E-state index in [-0.39, 0.29) is 0 Å². The van der Waals surface area contributed by atoms with Crippen molar-refractivity contribution in [3.05, 3.63) is 30.1 Å². The average molecular weight is 218 g/mol. The second kappa shape index (κ2) is 4.61. The molecule has 0 saturated carbocycles. The van der Waals surface area contributed by atoms with Crippen LogP contribution in [0.1, 0.15) is 25.0 Å². The second-order valence-electron chi connectivity index (χ2n) is 3.34. The molecule has 1 rings (SSSR count). The molecule has 0 saturated heterocycles. The first-order valence-corrected chi connectivity index (χ1v) is 4.70. The van der Waals surface area contributed by atoms with Crippen molar-refractivity contribution in [2.24, 2.45) is 5.73 Å². The highest BCUT2D eigenvalue weighted by atomic mass is 19.4. The first-order valence-electron chi connectivity index (χ1n) is 4.70. The summed E-state index contributed by atoms with van der Waals surface area (Å²) >= 11 is 0. The fourth-order valence-electron chi connectivity index (χ4n) is 1.47. The molecule has 0 spiro atoms. The fourth-order valence-corrected chi connectivity index (χ4v) is 1.47. The molecule has 0 bridgehead atoms. The molecule has 0 amide bonds. The highest BCUT2D eigenvalue weighted by Gasteiger charge is 2.42. The van der Waals surface area contributed by atoms with Gasteiger partial charge in [0, 0.05) is 17.8 Å². The Balaban J connectivity index is 2.90. The third-order valence-corrected chi connectivity index (χ3v) is 2.32. The van der Waals surface area contributed by atoms with E-state index in [0.29, 0.717) is 12.1 Å². The monoisotopic (exact) mass is 218 g/mol. The molecule has 0 aliphatic carbocycles. The minimum atomic E-state index is -4.38. The van der Waals surface area contributed by atoms with Gasteiger partial charge in [0.15, 0.2) is 0 Å². The Labute approximate surface area is 86.3 Å². The van der Waals surface area contributed by atoms with Gasteiger partial charge in [-0.1, -0.05) is 13.0 Å². The fraction of sp³-hybridized carbons (Fsp3) is 0.500. The van der Waals surface area contributed by atoms with Crippen molar-refractivity contribution < 1.29 is 13.2 Å². The van der Waals surface area contributed by atoms with Crippen LogP contribution in [0, 0.1) is 0 Å². The van der Waals surface area contributed by atoms with Gasteiger partial charge in [-0.15, -0.1) is 0 Å². The third-order valence-electron chi connectivity index (χ3n) is 2.32. The lowest BCUT2D eigenvalue weighted by molar-refractivity contribution is -0.153. The van der Waals surface area contributed by atoms with Gasteiger partial charge in [-0.25, -0.2) is 0 Å². The van der Waals surface area contributed by atoms with Crippen LogP contribution >= 0.6 is 0 Å². The van der Waals surface area contributed by atoms with Crippen LogP contribution < -0.4 is 5.73 Å². The molecule has 0 radical (unpaired) electrons. The van der Waals surface area contributed by atoms with Crippen molar-refractivity contribution in [1.29, 1.82) is 0 Å². The van der Waals surface area contributed by atoms with E-state index >= 15 is 0 Å². The molecule has 15 heavy (non-hydrogen) atoms. The summed E-state index contributed by atoms with van der Waals surface area (Å²) in [5.74, 6) is -0.772. The first-order chi connectivity index (χ1) is 6.96. The van der Waals surface area contributed by atoms with Gasteiger partial charge in [-0.05, 0) is 18.6 Å². The van der Waals surface area contributed by atoms with E-state index in [2.05, 4.69) is 4.98 Å². The van der Waals surface area contributed by atoms with Gasteiger partial charge in [0.25, 0.3) is 0 Å². The van der Waals surface area contributed by atoms with Crippen molar-refractivity contribution in [3.63, 3.8) is 0 Å². The Hall–Kier alpha value is -1.10. The lowest BCUT2D eigenvalue weighted by Gasteiger charge is -2.24. The molecule has 2 atom stereocenters. The largest absolute Gasteiger partial charge is 0.404 e. The second-order valence-corrected chi connectivity index (χ2v) is 3.34. The molecular formula is C10H13F3N2. The van der Waals surface area contributed by atoms with Crippen LogP contribution in [0.2, 0.25) is 0 Å². The van der Waals surface area contributed by atoms with E-state index in [0.717, 1.165) is 0 Å². The van der Waals surface area contributed by atoms with Crippen LogP contribution in [0.4, 0.5) is 13.2 Å². The first kappa shape index (κ1) is 12.0. The Morgan fingerprint density at radius 2 is 2.07 bits per heavy atom. The Bertz CT molecular complexity index is 297. The predicted molar refractivity (Wildman–Crippen MR) is 51.3 cm³/mol. The van der Waals surface area contributed by atoms with Gasteiger partial charge in [-0.3, -0.25) is 4.98 Å². The molecular weight excluding hydrogens is 205 g/mol. The van der Waals surface area contributed by atoms with Crippen molar-refractivity contribution in [3.8, 4) is 0 Å². The lowest BCUT2D eigenvalue weighted by Crippen LogP contribution is -2.42. The molecule has 84 valence electrons. The summed E-state index contributed by atoms with van der Waals surface area (Å²) in [5, 5.41) is 0. The van der Waals surface area contributed by atoms with Crippen LogP contribution in [0.25, 0.3) is 0 Å². The predicted octanol–water partition coefficient (Wildman–Crippen LogP) is 2.46. The maximum Gasteiger partial charge on any atom is 0.404 e. The van der Waals surface area contributed by atoms with Crippen LogP contribution in [-0.2, 0) is 0 Å². The SMILES string of the molecule is CCC(c1ccccn1)C(N)C(F)(F)F. The summed E-state index contributed by atoms with van der Waals surface area (Å²) in [7, 11) is 0. The quantitative estimate of drug-likeness (QED) is 0.846. The summed E-state index contributed by atoms with van der Waals surface area (Å²) < 4.78 is 37.3. The van der Waals surface area contributed by atoms with Crippen LogP contribution in [-0.4, -0.2) is 17.2 Å². The number of hydrogen-bond acceptors (Lipinski definition) is 2. The topological polar surface area (TPSA) is 38.9 Å². The number of nitrogens with zero attached hydrogens (tertiary/aromatic N) is 1. The Kier molecular flexibility index (Phi) is 3.68. The number of nitrogens with two attached hydrogens (primary N) is 1. The van der Waals surface area contributed by atoms with Gasteiger partial charge < -0.3 is 5.73 Å². The number of rotatable bonds is 3. The molecule has 0 aromatic carbocycles. The Morgan fingerprint density at radius 3 is 2.47 bits per heavy atom. The summed E-state index contributed by atoms with van der Waals surface area (Å²) in [4.78, 5) is 3.90. The minimum absolute atomic E-state index is 0.317. The van der Waals surface area contributed by atoms with Gasteiger partial charge in [0.1, 0.15) is 6.04 Å². The lowest BCUT2D eigenvalue weighted by atomic mass is 9.93. The van der Waals surface area contributed by atoms with E-state index in [1.54, 1.807) is 25.1 Å². The molecule has 2 unspecified atom stereocenters. The van der Waals surface area contributed by atoms with Crippen molar-refractivity contribution in [2.45, 2.75) is 31.5 Å². The van der Waals surface area contributed by atoms with Crippen molar-refractivity contribution in [1.82, 2.24) is 4.98 Å². The average Bonchev–Trinajstić information content (AvgIpc) is 2.19. The van der Waals surface area contributed by atoms with Crippen molar-refractivity contribution >= 4 is 0 Å². The van der Waals surface area contributed by atoms with Gasteiger partial charge in [0.2, 0.25) is 0 Å². The number of aromatic nitrogens is 1. The molecule has 1 aromatic rings. The third kappa shape index (κ3) is 2.92. The number of hydrogen-bond donors (Lipinski definition) is 1. The van der Waals surface area contributed by atoms with Crippen LogP contribution in [0.15, 0.2) is 24.4 Å². The van der Waals surface area contributed by atoms with E-state index in [1.807, 2.05) is 0 Å². The smallest absolute Gasteiger partial charge is 0.320 e. The maximum absolute atomic E-state index is 12.4. The normalized spacial score (nSPS) is 16.1. The zero-order chi connectivity index (χ0) is 11.5. The molecule has 1 aromatic heterocycles. The molecule has 0 aliphatic heterocycles. The van der Waals surface area contributed by atoms with Gasteiger partial charge in [-0.2, -0.15) is 13.2 Å². The number of alkyl halides is 3. The zero-order valence-electron chi connectivity index (χ0n) is 8.33. The standard InChI is InChI=1S/C10H13F3N2/c1-2-7(9(14)10(11,12)13)8-5-3-4-6-15-8/h3-7,9H,2,14H2,1H3. The van der Waals surface area contributed by atoms with Gasteiger partial charge >= 0.3 is 6.18 Å². The van der Waals surface area contributed by atoms with E-state index in [4.69, 9.17) is 5.73 Å². The summed E-state index contributed by atoms with van der Waals surface area (Å²) in [5.41, 5.74) is 5.57. The summed E-state index contributed by atoms with van der Waals surface area (Å²) in [6.45, 7) is 1.67. The molecule has 0 fully saturated rings. The molecule has 2 N–H and O–H groups in total. The number of halogens is 3. The van der Waals surface area contributed by atoms with E-state index < -0.39 is 18.1 Å².